The van der Waals surface area contributed by atoms with Crippen LogP contribution in [0.4, 0.5) is 0 Å². The zero-order valence-electron chi connectivity index (χ0n) is 15.6. The van der Waals surface area contributed by atoms with Gasteiger partial charge >= 0.3 is 5.97 Å². The van der Waals surface area contributed by atoms with Gasteiger partial charge in [0.2, 0.25) is 0 Å². The minimum atomic E-state index is -0.171. The van der Waals surface area contributed by atoms with Crippen molar-refractivity contribution in [3.8, 4) is 0 Å². The Hall–Kier alpha value is -2.13. The highest BCUT2D eigenvalue weighted by atomic mass is 16.5. The van der Waals surface area contributed by atoms with Crippen molar-refractivity contribution in [1.29, 1.82) is 0 Å². The van der Waals surface area contributed by atoms with Crippen LogP contribution in [0.25, 0.3) is 0 Å². The lowest BCUT2D eigenvalue weighted by Gasteiger charge is -2.28. The monoisotopic (exact) mass is 351 g/mol. The van der Waals surface area contributed by atoms with E-state index in [2.05, 4.69) is 48.3 Å². The van der Waals surface area contributed by atoms with Gasteiger partial charge < -0.3 is 9.64 Å². The summed E-state index contributed by atoms with van der Waals surface area (Å²) in [6.45, 7) is 2.15. The Morgan fingerprint density at radius 3 is 2.31 bits per heavy atom. The molecule has 1 aliphatic heterocycles. The van der Waals surface area contributed by atoms with Gasteiger partial charge in [-0.25, -0.2) is 0 Å². The van der Waals surface area contributed by atoms with Gasteiger partial charge in [-0.2, -0.15) is 0 Å². The average Bonchev–Trinajstić information content (AvgIpc) is 2.68. The van der Waals surface area contributed by atoms with Crippen molar-refractivity contribution in [2.45, 2.75) is 38.2 Å². The molecular weight excluding hydrogens is 322 g/mol. The van der Waals surface area contributed by atoms with E-state index in [1.54, 1.807) is 0 Å². The Morgan fingerprint density at radius 1 is 1.04 bits per heavy atom. The number of piperidine rings is 1. The standard InChI is InChI=1S/C23H29NO2/c1-24-16-14-20(15-17-24)18-23(25)26-22(21-10-6-3-7-11-21)13-12-19-8-4-2-5-9-19/h2-11,20,22H,12-18H2,1H3. The van der Waals surface area contributed by atoms with Crippen LogP contribution in [0, 0.1) is 5.92 Å². The van der Waals surface area contributed by atoms with E-state index in [0.29, 0.717) is 12.3 Å². The van der Waals surface area contributed by atoms with Crippen molar-refractivity contribution in [3.05, 3.63) is 71.8 Å². The molecular formula is C23H29NO2. The lowest BCUT2D eigenvalue weighted by Crippen LogP contribution is -2.31. The summed E-state index contributed by atoms with van der Waals surface area (Å²) >= 11 is 0. The molecule has 0 saturated carbocycles. The van der Waals surface area contributed by atoms with Crippen LogP contribution in [0.5, 0.6) is 0 Å². The van der Waals surface area contributed by atoms with Gasteiger partial charge in [0.15, 0.2) is 0 Å². The van der Waals surface area contributed by atoms with Crippen LogP contribution in [0.3, 0.4) is 0 Å². The molecule has 2 aromatic carbocycles. The third kappa shape index (κ3) is 5.70. The summed E-state index contributed by atoms with van der Waals surface area (Å²) in [5, 5.41) is 0. The molecule has 0 amide bonds. The third-order valence-electron chi connectivity index (χ3n) is 5.28. The molecule has 0 radical (unpaired) electrons. The summed E-state index contributed by atoms with van der Waals surface area (Å²) in [6.07, 6.45) is 4.27. The smallest absolute Gasteiger partial charge is 0.306 e. The number of rotatable bonds is 7. The van der Waals surface area contributed by atoms with Gasteiger partial charge in [-0.15, -0.1) is 0 Å². The largest absolute Gasteiger partial charge is 0.457 e. The van der Waals surface area contributed by atoms with Crippen molar-refractivity contribution in [3.63, 3.8) is 0 Å². The second kappa shape index (κ2) is 9.54. The number of benzene rings is 2. The minimum Gasteiger partial charge on any atom is -0.457 e. The van der Waals surface area contributed by atoms with Crippen LogP contribution in [0.1, 0.15) is 42.9 Å². The number of aryl methyl sites for hydroxylation is 1. The molecule has 0 N–H and O–H groups in total. The van der Waals surface area contributed by atoms with Crippen molar-refractivity contribution in [2.75, 3.05) is 20.1 Å². The van der Waals surface area contributed by atoms with Gasteiger partial charge in [-0.3, -0.25) is 4.79 Å². The first kappa shape index (κ1) is 18.7. The molecule has 138 valence electrons. The summed E-state index contributed by atoms with van der Waals surface area (Å²) in [5.41, 5.74) is 2.36. The van der Waals surface area contributed by atoms with E-state index in [1.807, 2.05) is 24.3 Å². The molecule has 1 saturated heterocycles. The van der Waals surface area contributed by atoms with Crippen LogP contribution < -0.4 is 0 Å². The molecule has 0 spiro atoms. The maximum atomic E-state index is 12.6. The summed E-state index contributed by atoms with van der Waals surface area (Å²) in [4.78, 5) is 14.9. The second-order valence-electron chi connectivity index (χ2n) is 7.36. The number of hydrogen-bond donors (Lipinski definition) is 0. The van der Waals surface area contributed by atoms with E-state index < -0.39 is 0 Å². The molecule has 0 aromatic heterocycles. The topological polar surface area (TPSA) is 29.5 Å². The molecule has 0 bridgehead atoms. The van der Waals surface area contributed by atoms with E-state index in [1.165, 1.54) is 5.56 Å². The lowest BCUT2D eigenvalue weighted by atomic mass is 9.94. The van der Waals surface area contributed by atoms with Gasteiger partial charge in [0.25, 0.3) is 0 Å². The second-order valence-corrected chi connectivity index (χ2v) is 7.36. The van der Waals surface area contributed by atoms with Crippen molar-refractivity contribution in [2.24, 2.45) is 5.92 Å². The van der Waals surface area contributed by atoms with Gasteiger partial charge in [0, 0.05) is 6.42 Å². The molecule has 0 aliphatic carbocycles. The Bertz CT molecular complexity index is 663. The lowest BCUT2D eigenvalue weighted by molar-refractivity contribution is -0.151. The molecule has 1 fully saturated rings. The fourth-order valence-electron chi connectivity index (χ4n) is 3.61. The molecule has 1 unspecified atom stereocenters. The number of carbonyl (C=O) groups is 1. The summed E-state index contributed by atoms with van der Waals surface area (Å²) < 4.78 is 5.94. The molecule has 1 aliphatic rings. The number of esters is 1. The first-order chi connectivity index (χ1) is 12.7. The number of nitrogens with zero attached hydrogens (tertiary/aromatic N) is 1. The number of likely N-dealkylation sites (tertiary alicyclic amines) is 1. The van der Waals surface area contributed by atoms with Gasteiger partial charge in [-0.1, -0.05) is 60.7 Å². The van der Waals surface area contributed by atoms with Crippen LogP contribution >= 0.6 is 0 Å². The Labute approximate surface area is 157 Å². The van der Waals surface area contributed by atoms with Crippen molar-refractivity contribution < 1.29 is 9.53 Å². The Kier molecular flexibility index (Phi) is 6.84. The van der Waals surface area contributed by atoms with E-state index in [9.17, 15) is 4.79 Å². The normalized spacial score (nSPS) is 17.0. The van der Waals surface area contributed by atoms with Gasteiger partial charge in [0.05, 0.1) is 0 Å². The summed E-state index contributed by atoms with van der Waals surface area (Å²) in [7, 11) is 2.14. The van der Waals surface area contributed by atoms with E-state index >= 15 is 0 Å². The average molecular weight is 351 g/mol. The predicted octanol–water partition coefficient (Wildman–Crippen LogP) is 4.64. The zero-order valence-corrected chi connectivity index (χ0v) is 15.6. The fraction of sp³-hybridized carbons (Fsp3) is 0.435. The van der Waals surface area contributed by atoms with E-state index in [4.69, 9.17) is 4.74 Å². The predicted molar refractivity (Wildman–Crippen MR) is 105 cm³/mol. The van der Waals surface area contributed by atoms with E-state index in [0.717, 1.165) is 44.3 Å². The fourth-order valence-corrected chi connectivity index (χ4v) is 3.61. The molecule has 26 heavy (non-hydrogen) atoms. The molecule has 2 aromatic rings. The highest BCUT2D eigenvalue weighted by Gasteiger charge is 2.23. The van der Waals surface area contributed by atoms with E-state index in [-0.39, 0.29) is 12.1 Å². The number of ether oxygens (including phenoxy) is 1. The van der Waals surface area contributed by atoms with Crippen LogP contribution in [-0.2, 0) is 16.0 Å². The van der Waals surface area contributed by atoms with Crippen LogP contribution in [-0.4, -0.2) is 31.0 Å². The molecule has 1 atom stereocenters. The van der Waals surface area contributed by atoms with Crippen molar-refractivity contribution in [1.82, 2.24) is 4.90 Å². The first-order valence-corrected chi connectivity index (χ1v) is 9.67. The third-order valence-corrected chi connectivity index (χ3v) is 5.28. The molecule has 1 heterocycles. The highest BCUT2D eigenvalue weighted by Crippen LogP contribution is 2.26. The van der Waals surface area contributed by atoms with Crippen molar-refractivity contribution >= 4 is 5.97 Å². The molecule has 3 rings (SSSR count). The highest BCUT2D eigenvalue weighted by molar-refractivity contribution is 5.70. The zero-order chi connectivity index (χ0) is 18.2. The quantitative estimate of drug-likeness (QED) is 0.681. The minimum absolute atomic E-state index is 0.0542. The van der Waals surface area contributed by atoms with Gasteiger partial charge in [0.1, 0.15) is 6.10 Å². The molecule has 3 nitrogen and oxygen atoms in total. The molecule has 3 heteroatoms. The van der Waals surface area contributed by atoms with Crippen LogP contribution in [0.2, 0.25) is 0 Å². The summed E-state index contributed by atoms with van der Waals surface area (Å²) in [5.74, 6) is 0.408. The van der Waals surface area contributed by atoms with Gasteiger partial charge in [-0.05, 0) is 62.9 Å². The van der Waals surface area contributed by atoms with Crippen LogP contribution in [0.15, 0.2) is 60.7 Å². The summed E-state index contributed by atoms with van der Waals surface area (Å²) in [6, 6.07) is 20.5. The Morgan fingerprint density at radius 2 is 1.65 bits per heavy atom. The Balaban J connectivity index is 1.59. The number of hydrogen-bond acceptors (Lipinski definition) is 3. The SMILES string of the molecule is CN1CCC(CC(=O)OC(CCc2ccccc2)c2ccccc2)CC1. The maximum absolute atomic E-state index is 12.6. The first-order valence-electron chi connectivity index (χ1n) is 9.67. The maximum Gasteiger partial charge on any atom is 0.306 e. The number of carbonyl (C=O) groups excluding carboxylic acids is 1.